The zero-order valence-corrected chi connectivity index (χ0v) is 14.3. The van der Waals surface area contributed by atoms with E-state index in [-0.39, 0.29) is 12.5 Å². The maximum absolute atomic E-state index is 12.2. The monoisotopic (exact) mass is 343 g/mol. The molecule has 3 aromatic carbocycles. The molecular formula is C20H17N5O. The molecule has 0 fully saturated rings. The van der Waals surface area contributed by atoms with Gasteiger partial charge in [0.15, 0.2) is 0 Å². The molecule has 0 aliphatic carbocycles. The van der Waals surface area contributed by atoms with Crippen molar-refractivity contribution in [1.82, 2.24) is 20.4 Å². The van der Waals surface area contributed by atoms with E-state index in [1.807, 2.05) is 55.5 Å². The topological polar surface area (TPSA) is 72.2 Å². The minimum Gasteiger partial charge on any atom is -0.271 e. The van der Waals surface area contributed by atoms with E-state index in [9.17, 15) is 4.79 Å². The summed E-state index contributed by atoms with van der Waals surface area (Å²) >= 11 is 0. The molecule has 4 rings (SSSR count). The molecule has 0 radical (unpaired) electrons. The van der Waals surface area contributed by atoms with Crippen molar-refractivity contribution < 1.29 is 4.79 Å². The number of fused-ring (bicyclic) bond motifs is 2. The molecule has 0 saturated carbocycles. The average Bonchev–Trinajstić information content (AvgIpc) is 3.08. The second-order valence-corrected chi connectivity index (χ2v) is 6.03. The Morgan fingerprint density at radius 3 is 2.69 bits per heavy atom. The molecule has 1 amide bonds. The molecule has 0 saturated heterocycles. The van der Waals surface area contributed by atoms with Gasteiger partial charge in [0.1, 0.15) is 12.1 Å². The van der Waals surface area contributed by atoms with Crippen LogP contribution in [0.4, 0.5) is 0 Å². The van der Waals surface area contributed by atoms with Crippen molar-refractivity contribution in [2.24, 2.45) is 5.10 Å². The summed E-state index contributed by atoms with van der Waals surface area (Å²) in [6, 6.07) is 21.8. The first kappa shape index (κ1) is 16.0. The van der Waals surface area contributed by atoms with Crippen LogP contribution >= 0.6 is 0 Å². The lowest BCUT2D eigenvalue weighted by atomic mass is 10.0. The number of rotatable bonds is 4. The van der Waals surface area contributed by atoms with Gasteiger partial charge in [-0.15, -0.1) is 5.10 Å². The van der Waals surface area contributed by atoms with Gasteiger partial charge in [-0.05, 0) is 41.5 Å². The number of hydrazone groups is 1. The van der Waals surface area contributed by atoms with Crippen LogP contribution in [0.2, 0.25) is 0 Å². The van der Waals surface area contributed by atoms with Crippen molar-refractivity contribution in [3.63, 3.8) is 0 Å². The fourth-order valence-corrected chi connectivity index (χ4v) is 2.83. The molecule has 0 spiro atoms. The predicted octanol–water partition coefficient (Wildman–Crippen LogP) is 3.12. The Kier molecular flexibility index (Phi) is 4.15. The summed E-state index contributed by atoms with van der Waals surface area (Å²) in [7, 11) is 0. The summed E-state index contributed by atoms with van der Waals surface area (Å²) in [5.74, 6) is -0.249. The van der Waals surface area contributed by atoms with E-state index in [0.717, 1.165) is 27.7 Å². The van der Waals surface area contributed by atoms with Crippen LogP contribution < -0.4 is 5.43 Å². The molecule has 0 unspecified atom stereocenters. The number of nitrogens with one attached hydrogen (secondary N) is 1. The Balaban J connectivity index is 1.48. The molecule has 1 N–H and O–H groups in total. The van der Waals surface area contributed by atoms with Gasteiger partial charge in [-0.1, -0.05) is 53.7 Å². The molecule has 0 bridgehead atoms. The van der Waals surface area contributed by atoms with Crippen LogP contribution in [0.5, 0.6) is 0 Å². The Bertz CT molecular complexity index is 1130. The number of aromatic nitrogens is 3. The van der Waals surface area contributed by atoms with E-state index in [1.165, 1.54) is 5.39 Å². The minimum absolute atomic E-state index is 0.0645. The zero-order valence-electron chi connectivity index (χ0n) is 14.3. The Morgan fingerprint density at radius 2 is 1.81 bits per heavy atom. The van der Waals surface area contributed by atoms with Gasteiger partial charge in [0, 0.05) is 0 Å². The summed E-state index contributed by atoms with van der Waals surface area (Å²) in [6.45, 7) is 1.93. The number of hydrogen-bond acceptors (Lipinski definition) is 4. The lowest BCUT2D eigenvalue weighted by Crippen LogP contribution is -2.24. The lowest BCUT2D eigenvalue weighted by molar-refractivity contribution is -0.121. The van der Waals surface area contributed by atoms with Crippen LogP contribution in [0.15, 0.2) is 71.8 Å². The normalized spacial score (nSPS) is 11.8. The van der Waals surface area contributed by atoms with E-state index in [2.05, 4.69) is 39.0 Å². The summed E-state index contributed by atoms with van der Waals surface area (Å²) in [4.78, 5) is 12.2. The van der Waals surface area contributed by atoms with Crippen LogP contribution in [0.1, 0.15) is 12.5 Å². The fraction of sp³-hybridized carbons (Fsp3) is 0.100. The van der Waals surface area contributed by atoms with Crippen molar-refractivity contribution in [3.05, 3.63) is 72.3 Å². The molecule has 0 atom stereocenters. The quantitative estimate of drug-likeness (QED) is 0.457. The van der Waals surface area contributed by atoms with E-state index in [4.69, 9.17) is 0 Å². The van der Waals surface area contributed by atoms with Crippen LogP contribution in [0.25, 0.3) is 21.8 Å². The smallest absolute Gasteiger partial charge is 0.261 e. The average molecular weight is 343 g/mol. The standard InChI is InChI=1S/C20H17N5O/c1-14(16-11-10-15-6-2-3-7-17(15)12-16)21-23-20(26)13-25-19-9-5-4-8-18(19)22-24-25/h2-12H,13H2,1H3,(H,23,26)/b21-14+. The highest BCUT2D eigenvalue weighted by molar-refractivity contribution is 6.02. The molecule has 4 aromatic rings. The number of hydrogen-bond donors (Lipinski definition) is 1. The highest BCUT2D eigenvalue weighted by atomic mass is 16.2. The third kappa shape index (κ3) is 3.17. The first-order chi connectivity index (χ1) is 12.7. The second-order valence-electron chi connectivity index (χ2n) is 6.03. The van der Waals surface area contributed by atoms with E-state index >= 15 is 0 Å². The molecule has 0 aliphatic rings. The fourth-order valence-electron chi connectivity index (χ4n) is 2.83. The molecule has 6 heteroatoms. The maximum atomic E-state index is 12.2. The zero-order chi connectivity index (χ0) is 17.9. The van der Waals surface area contributed by atoms with Crippen LogP contribution in [-0.2, 0) is 11.3 Å². The number of carbonyl (C=O) groups is 1. The highest BCUT2D eigenvalue weighted by Gasteiger charge is 2.08. The molecule has 1 heterocycles. The number of nitrogens with zero attached hydrogens (tertiary/aromatic N) is 4. The lowest BCUT2D eigenvalue weighted by Gasteiger charge is -2.05. The van der Waals surface area contributed by atoms with Gasteiger partial charge in [0.25, 0.3) is 5.91 Å². The van der Waals surface area contributed by atoms with Crippen molar-refractivity contribution in [3.8, 4) is 0 Å². The SMILES string of the molecule is C/C(=N\NC(=O)Cn1nnc2ccccc21)c1ccc2ccccc2c1. The maximum Gasteiger partial charge on any atom is 0.261 e. The molecule has 0 aliphatic heterocycles. The van der Waals surface area contributed by atoms with E-state index in [1.54, 1.807) is 4.68 Å². The summed E-state index contributed by atoms with van der Waals surface area (Å²) in [6.07, 6.45) is 0. The van der Waals surface area contributed by atoms with Crippen molar-refractivity contribution >= 4 is 33.4 Å². The summed E-state index contributed by atoms with van der Waals surface area (Å²) < 4.78 is 1.56. The van der Waals surface area contributed by atoms with Crippen LogP contribution in [0.3, 0.4) is 0 Å². The third-order valence-electron chi connectivity index (χ3n) is 4.23. The Labute approximate surface area is 150 Å². The minimum atomic E-state index is -0.249. The van der Waals surface area contributed by atoms with Crippen LogP contribution in [0, 0.1) is 0 Å². The molecule has 128 valence electrons. The van der Waals surface area contributed by atoms with E-state index in [0.29, 0.717) is 0 Å². The second kappa shape index (κ2) is 6.76. The van der Waals surface area contributed by atoms with Gasteiger partial charge in [-0.3, -0.25) is 4.79 Å². The van der Waals surface area contributed by atoms with Crippen LogP contribution in [-0.4, -0.2) is 26.6 Å². The first-order valence-corrected chi connectivity index (χ1v) is 8.31. The van der Waals surface area contributed by atoms with E-state index < -0.39 is 0 Å². The predicted molar refractivity (Wildman–Crippen MR) is 102 cm³/mol. The summed E-state index contributed by atoms with van der Waals surface area (Å²) in [5, 5.41) is 14.6. The Morgan fingerprint density at radius 1 is 1.04 bits per heavy atom. The van der Waals surface area contributed by atoms with Gasteiger partial charge < -0.3 is 0 Å². The highest BCUT2D eigenvalue weighted by Crippen LogP contribution is 2.16. The van der Waals surface area contributed by atoms with Gasteiger partial charge in [-0.2, -0.15) is 5.10 Å². The first-order valence-electron chi connectivity index (χ1n) is 8.31. The van der Waals surface area contributed by atoms with Gasteiger partial charge in [0.2, 0.25) is 0 Å². The number of amides is 1. The third-order valence-corrected chi connectivity index (χ3v) is 4.23. The number of carbonyl (C=O) groups excluding carboxylic acids is 1. The van der Waals surface area contributed by atoms with Gasteiger partial charge >= 0.3 is 0 Å². The molecule has 26 heavy (non-hydrogen) atoms. The number of para-hydroxylation sites is 1. The van der Waals surface area contributed by atoms with Crippen molar-refractivity contribution in [1.29, 1.82) is 0 Å². The van der Waals surface area contributed by atoms with Crippen molar-refractivity contribution in [2.45, 2.75) is 13.5 Å². The molecular weight excluding hydrogens is 326 g/mol. The van der Waals surface area contributed by atoms with Gasteiger partial charge in [0.05, 0.1) is 11.2 Å². The molecule has 6 nitrogen and oxygen atoms in total. The van der Waals surface area contributed by atoms with Crippen molar-refractivity contribution in [2.75, 3.05) is 0 Å². The molecule has 1 aromatic heterocycles. The Hall–Kier alpha value is -3.54. The van der Waals surface area contributed by atoms with Gasteiger partial charge in [-0.25, -0.2) is 10.1 Å². The largest absolute Gasteiger partial charge is 0.271 e. The number of benzene rings is 3. The summed E-state index contributed by atoms with van der Waals surface area (Å²) in [5.41, 5.74) is 5.88.